The number of hydrogen-bond donors (Lipinski definition) is 2. The SMILES string of the molecule is O=C(Nc1nccs1)N1CCC(Oc2cccc3[nH]ccc23)CC1. The number of aromatic nitrogens is 2. The highest BCUT2D eigenvalue weighted by Gasteiger charge is 2.24. The molecule has 3 heterocycles. The molecule has 1 fully saturated rings. The maximum Gasteiger partial charge on any atom is 0.323 e. The van der Waals surface area contributed by atoms with Gasteiger partial charge < -0.3 is 14.6 Å². The summed E-state index contributed by atoms with van der Waals surface area (Å²) in [6.07, 6.45) is 5.39. The molecule has 0 aliphatic carbocycles. The molecule has 24 heavy (non-hydrogen) atoms. The number of anilines is 1. The van der Waals surface area contributed by atoms with E-state index in [-0.39, 0.29) is 12.1 Å². The second kappa shape index (κ2) is 6.52. The lowest BCUT2D eigenvalue weighted by molar-refractivity contribution is 0.117. The lowest BCUT2D eigenvalue weighted by Crippen LogP contribution is -2.43. The molecule has 4 rings (SSSR count). The highest BCUT2D eigenvalue weighted by Crippen LogP contribution is 2.27. The number of aromatic amines is 1. The molecule has 0 unspecified atom stereocenters. The number of urea groups is 1. The van der Waals surface area contributed by atoms with Crippen molar-refractivity contribution in [2.75, 3.05) is 18.4 Å². The van der Waals surface area contributed by atoms with Crippen molar-refractivity contribution in [3.63, 3.8) is 0 Å². The number of rotatable bonds is 3. The highest BCUT2D eigenvalue weighted by atomic mass is 32.1. The summed E-state index contributed by atoms with van der Waals surface area (Å²) in [5.74, 6) is 0.902. The first-order valence-corrected chi connectivity index (χ1v) is 8.86. The van der Waals surface area contributed by atoms with Crippen LogP contribution >= 0.6 is 11.3 Å². The molecule has 1 aliphatic rings. The van der Waals surface area contributed by atoms with Gasteiger partial charge in [0.2, 0.25) is 0 Å². The smallest absolute Gasteiger partial charge is 0.323 e. The van der Waals surface area contributed by atoms with Crippen LogP contribution in [-0.2, 0) is 0 Å². The molecule has 2 N–H and O–H groups in total. The topological polar surface area (TPSA) is 70.2 Å². The van der Waals surface area contributed by atoms with Crippen molar-refractivity contribution in [1.82, 2.24) is 14.9 Å². The fourth-order valence-electron chi connectivity index (χ4n) is 2.97. The summed E-state index contributed by atoms with van der Waals surface area (Å²) < 4.78 is 6.17. The first-order chi connectivity index (χ1) is 11.8. The molecule has 3 aromatic rings. The van der Waals surface area contributed by atoms with E-state index in [0.717, 1.165) is 29.5 Å². The van der Waals surface area contributed by atoms with Gasteiger partial charge in [-0.1, -0.05) is 6.07 Å². The quantitative estimate of drug-likeness (QED) is 0.762. The average Bonchev–Trinajstić information content (AvgIpc) is 3.27. The zero-order chi connectivity index (χ0) is 16.4. The number of nitrogens with zero attached hydrogens (tertiary/aromatic N) is 2. The summed E-state index contributed by atoms with van der Waals surface area (Å²) in [7, 11) is 0. The molecular weight excluding hydrogens is 324 g/mol. The third-order valence-electron chi connectivity index (χ3n) is 4.22. The fourth-order valence-corrected chi connectivity index (χ4v) is 3.49. The predicted octanol–water partition coefficient (Wildman–Crippen LogP) is 3.70. The summed E-state index contributed by atoms with van der Waals surface area (Å²) >= 11 is 1.42. The van der Waals surface area contributed by atoms with E-state index in [0.29, 0.717) is 18.2 Å². The van der Waals surface area contributed by atoms with Gasteiger partial charge in [-0.2, -0.15) is 0 Å². The van der Waals surface area contributed by atoms with Gasteiger partial charge in [-0.05, 0) is 18.2 Å². The van der Waals surface area contributed by atoms with Crippen LogP contribution in [0.15, 0.2) is 42.0 Å². The maximum atomic E-state index is 12.2. The molecule has 6 nitrogen and oxygen atoms in total. The van der Waals surface area contributed by atoms with Crippen molar-refractivity contribution in [3.05, 3.63) is 42.0 Å². The second-order valence-electron chi connectivity index (χ2n) is 5.77. The van der Waals surface area contributed by atoms with E-state index in [2.05, 4.69) is 15.3 Å². The molecule has 7 heteroatoms. The number of fused-ring (bicyclic) bond motifs is 1. The zero-order valence-corrected chi connectivity index (χ0v) is 13.9. The zero-order valence-electron chi connectivity index (χ0n) is 13.1. The van der Waals surface area contributed by atoms with Crippen LogP contribution < -0.4 is 10.1 Å². The Morgan fingerprint density at radius 2 is 2.21 bits per heavy atom. The Bertz CT molecular complexity index is 822. The second-order valence-corrected chi connectivity index (χ2v) is 6.66. The van der Waals surface area contributed by atoms with Gasteiger partial charge in [-0.3, -0.25) is 5.32 Å². The highest BCUT2D eigenvalue weighted by molar-refractivity contribution is 7.13. The molecule has 2 amide bonds. The predicted molar refractivity (Wildman–Crippen MR) is 94.7 cm³/mol. The van der Waals surface area contributed by atoms with Gasteiger partial charge >= 0.3 is 6.03 Å². The van der Waals surface area contributed by atoms with Gasteiger partial charge in [-0.15, -0.1) is 11.3 Å². The molecule has 1 saturated heterocycles. The van der Waals surface area contributed by atoms with E-state index in [1.807, 2.05) is 40.7 Å². The van der Waals surface area contributed by atoms with E-state index < -0.39 is 0 Å². The fraction of sp³-hybridized carbons (Fsp3) is 0.294. The number of amides is 2. The number of benzene rings is 1. The van der Waals surface area contributed by atoms with Crippen LogP contribution in [0.2, 0.25) is 0 Å². The third kappa shape index (κ3) is 3.07. The summed E-state index contributed by atoms with van der Waals surface area (Å²) in [6.45, 7) is 1.37. The Balaban J connectivity index is 1.34. The number of ether oxygens (including phenoxy) is 1. The van der Waals surface area contributed by atoms with Crippen LogP contribution in [0.5, 0.6) is 5.75 Å². The number of piperidine rings is 1. The van der Waals surface area contributed by atoms with Crippen LogP contribution in [-0.4, -0.2) is 40.1 Å². The third-order valence-corrected chi connectivity index (χ3v) is 4.91. The Morgan fingerprint density at radius 1 is 1.33 bits per heavy atom. The van der Waals surface area contributed by atoms with Crippen molar-refractivity contribution in [2.45, 2.75) is 18.9 Å². The van der Waals surface area contributed by atoms with Crippen LogP contribution in [0.25, 0.3) is 10.9 Å². The lowest BCUT2D eigenvalue weighted by atomic mass is 10.1. The van der Waals surface area contributed by atoms with E-state index in [1.165, 1.54) is 11.3 Å². The van der Waals surface area contributed by atoms with Crippen LogP contribution in [0.4, 0.5) is 9.93 Å². The van der Waals surface area contributed by atoms with E-state index in [1.54, 1.807) is 6.20 Å². The number of hydrogen-bond acceptors (Lipinski definition) is 4. The first-order valence-electron chi connectivity index (χ1n) is 7.98. The monoisotopic (exact) mass is 342 g/mol. The molecule has 0 radical (unpaired) electrons. The van der Waals surface area contributed by atoms with E-state index in [9.17, 15) is 4.79 Å². The molecule has 124 valence electrons. The van der Waals surface area contributed by atoms with Crippen molar-refractivity contribution >= 4 is 33.4 Å². The first kappa shape index (κ1) is 15.0. The summed E-state index contributed by atoms with van der Waals surface area (Å²) in [4.78, 5) is 21.3. The largest absolute Gasteiger partial charge is 0.490 e. The lowest BCUT2D eigenvalue weighted by Gasteiger charge is -2.32. The summed E-state index contributed by atoms with van der Waals surface area (Å²) in [5.41, 5.74) is 1.08. The minimum atomic E-state index is -0.0869. The molecule has 0 spiro atoms. The number of carbonyl (C=O) groups is 1. The summed E-state index contributed by atoms with van der Waals surface area (Å²) in [6, 6.07) is 7.97. The molecular formula is C17H18N4O2S. The number of thiazole rings is 1. The number of likely N-dealkylation sites (tertiary alicyclic amines) is 1. The molecule has 0 saturated carbocycles. The Hall–Kier alpha value is -2.54. The number of H-pyrrole nitrogens is 1. The molecule has 1 aromatic carbocycles. The number of nitrogens with one attached hydrogen (secondary N) is 2. The molecule has 1 aliphatic heterocycles. The van der Waals surface area contributed by atoms with Crippen LogP contribution in [0, 0.1) is 0 Å². The maximum absolute atomic E-state index is 12.2. The van der Waals surface area contributed by atoms with E-state index in [4.69, 9.17) is 4.74 Å². The van der Waals surface area contributed by atoms with E-state index >= 15 is 0 Å². The van der Waals surface area contributed by atoms with Gasteiger partial charge in [-0.25, -0.2) is 9.78 Å². The minimum Gasteiger partial charge on any atom is -0.490 e. The van der Waals surface area contributed by atoms with Gasteiger partial charge in [0.1, 0.15) is 11.9 Å². The van der Waals surface area contributed by atoms with Crippen molar-refractivity contribution < 1.29 is 9.53 Å². The molecule has 2 aromatic heterocycles. The van der Waals surface area contributed by atoms with Gasteiger partial charge in [0.15, 0.2) is 5.13 Å². The average molecular weight is 342 g/mol. The van der Waals surface area contributed by atoms with Crippen molar-refractivity contribution in [3.8, 4) is 5.75 Å². The van der Waals surface area contributed by atoms with Crippen molar-refractivity contribution in [1.29, 1.82) is 0 Å². The van der Waals surface area contributed by atoms with Gasteiger partial charge in [0, 0.05) is 54.6 Å². The number of carbonyl (C=O) groups excluding carboxylic acids is 1. The van der Waals surface area contributed by atoms with Crippen LogP contribution in [0.1, 0.15) is 12.8 Å². The van der Waals surface area contributed by atoms with Crippen LogP contribution in [0.3, 0.4) is 0 Å². The normalized spacial score (nSPS) is 15.6. The van der Waals surface area contributed by atoms with Crippen molar-refractivity contribution in [2.24, 2.45) is 0 Å². The minimum absolute atomic E-state index is 0.0869. The Labute approximate surface area is 143 Å². The van der Waals surface area contributed by atoms with Gasteiger partial charge in [0.25, 0.3) is 0 Å². The standard InChI is InChI=1S/C17H18N4O2S/c22-17(20-16-19-8-11-24-16)21-9-5-12(6-10-21)23-15-3-1-2-14-13(15)4-7-18-14/h1-4,7-8,11-12,18H,5-6,9-10H2,(H,19,20,22). The molecule has 0 bridgehead atoms. The van der Waals surface area contributed by atoms with Gasteiger partial charge in [0.05, 0.1) is 0 Å². The Kier molecular flexibility index (Phi) is 4.08. The molecule has 0 atom stereocenters. The Morgan fingerprint density at radius 3 is 3.00 bits per heavy atom. The summed E-state index contributed by atoms with van der Waals surface area (Å²) in [5, 5.41) is 6.41.